The summed E-state index contributed by atoms with van der Waals surface area (Å²) in [5.74, 6) is -2.99. The standard InChI is InChI=1S/C35H41Cl2N3O6S/c1-21-18-40(19-22(2)45-21)35(39-13-5-6-14-39,46-25-11-9-23(10-12-25)34(43)44)32(41)16-24-15-29(37)30(17-28(24)36)38-33(42)27-20-47-31-8-4-3-7-26(27)31/h3-4,7-8,15,17,20-23,25H,5-6,9-14,16,18-19H2,1-2H3,(H,38,42)(H,43,44)/t21-,22+,23-,25-,35?. The van der Waals surface area contributed by atoms with Crippen LogP contribution in [0.4, 0.5) is 5.69 Å². The van der Waals surface area contributed by atoms with E-state index < -0.39 is 17.7 Å². The maximum atomic E-state index is 14.9. The van der Waals surface area contributed by atoms with Crippen molar-refractivity contribution in [3.05, 3.63) is 63.0 Å². The van der Waals surface area contributed by atoms with Crippen molar-refractivity contribution in [1.82, 2.24) is 9.80 Å². The predicted octanol–water partition coefficient (Wildman–Crippen LogP) is 7.09. The highest BCUT2D eigenvalue weighted by Crippen LogP contribution is 2.39. The number of Topliss-reactive ketones (excluding diaryl/α,β-unsaturated/α-hetero) is 1. The van der Waals surface area contributed by atoms with E-state index in [0.717, 1.165) is 22.9 Å². The van der Waals surface area contributed by atoms with Gasteiger partial charge in [-0.15, -0.1) is 11.3 Å². The third-order valence-corrected chi connectivity index (χ3v) is 11.2. The smallest absolute Gasteiger partial charge is 0.306 e. The Morgan fingerprint density at radius 3 is 2.36 bits per heavy atom. The SMILES string of the molecule is C[C@@H]1CN(C(O[C@H]2CC[C@H](C(=O)O)CC2)(C(=O)Cc2cc(Cl)c(NC(=O)c3csc4ccccc34)cc2Cl)N2CCCC2)C[C@H](C)O1. The van der Waals surface area contributed by atoms with Gasteiger partial charge in [0.15, 0.2) is 5.78 Å². The number of anilines is 1. The van der Waals surface area contributed by atoms with Crippen LogP contribution in [0.15, 0.2) is 41.8 Å². The number of thiophene rings is 1. The van der Waals surface area contributed by atoms with Crippen molar-refractivity contribution in [3.8, 4) is 0 Å². The molecule has 9 nitrogen and oxygen atoms in total. The van der Waals surface area contributed by atoms with Crippen LogP contribution in [0.2, 0.25) is 10.0 Å². The zero-order valence-corrected chi connectivity index (χ0v) is 29.0. The van der Waals surface area contributed by atoms with Crippen molar-refractivity contribution in [2.75, 3.05) is 31.5 Å². The van der Waals surface area contributed by atoms with Crippen LogP contribution in [-0.2, 0) is 25.5 Å². The fourth-order valence-electron chi connectivity index (χ4n) is 7.32. The average molecular weight is 703 g/mol. The van der Waals surface area contributed by atoms with Crippen LogP contribution in [0.25, 0.3) is 10.1 Å². The van der Waals surface area contributed by atoms with Gasteiger partial charge in [-0.25, -0.2) is 0 Å². The van der Waals surface area contributed by atoms with Gasteiger partial charge in [0.1, 0.15) is 0 Å². The Morgan fingerprint density at radius 2 is 1.68 bits per heavy atom. The van der Waals surface area contributed by atoms with Gasteiger partial charge in [-0.05, 0) is 76.1 Å². The molecule has 0 bridgehead atoms. The van der Waals surface area contributed by atoms with Crippen molar-refractivity contribution >= 4 is 68.0 Å². The van der Waals surface area contributed by atoms with Crippen LogP contribution in [-0.4, -0.2) is 82.9 Å². The normalized spacial score (nSPS) is 25.4. The number of likely N-dealkylation sites (tertiary alicyclic amines) is 1. The zero-order valence-electron chi connectivity index (χ0n) is 26.7. The van der Waals surface area contributed by atoms with Gasteiger partial charge < -0.3 is 19.9 Å². The number of carbonyl (C=O) groups excluding carboxylic acids is 2. The number of carboxylic acids is 1. The fraction of sp³-hybridized carbons (Fsp3) is 0.514. The van der Waals surface area contributed by atoms with E-state index in [1.54, 1.807) is 12.1 Å². The highest BCUT2D eigenvalue weighted by atomic mass is 35.5. The Labute approximate surface area is 289 Å². The Kier molecular flexibility index (Phi) is 10.6. The Morgan fingerprint density at radius 1 is 1.00 bits per heavy atom. The van der Waals surface area contributed by atoms with Crippen molar-refractivity contribution < 1.29 is 29.0 Å². The molecule has 1 unspecified atom stereocenters. The number of amides is 1. The minimum absolute atomic E-state index is 0.0387. The highest BCUT2D eigenvalue weighted by Gasteiger charge is 2.54. The van der Waals surface area contributed by atoms with Crippen LogP contribution < -0.4 is 5.32 Å². The highest BCUT2D eigenvalue weighted by molar-refractivity contribution is 7.17. The van der Waals surface area contributed by atoms with E-state index in [-0.39, 0.29) is 41.4 Å². The lowest BCUT2D eigenvalue weighted by Crippen LogP contribution is -2.71. The molecular formula is C35H41Cl2N3O6S. The molecule has 3 aromatic rings. The molecule has 1 amide bonds. The molecular weight excluding hydrogens is 661 g/mol. The average Bonchev–Trinajstić information content (AvgIpc) is 3.73. The van der Waals surface area contributed by atoms with Gasteiger partial charge in [-0.3, -0.25) is 24.2 Å². The van der Waals surface area contributed by atoms with Crippen LogP contribution in [0, 0.1) is 5.92 Å². The number of ketones is 1. The van der Waals surface area contributed by atoms with Crippen molar-refractivity contribution in [2.24, 2.45) is 5.92 Å². The molecule has 0 spiro atoms. The van der Waals surface area contributed by atoms with Gasteiger partial charge in [0, 0.05) is 53.1 Å². The number of rotatable bonds is 10. The van der Waals surface area contributed by atoms with E-state index in [4.69, 9.17) is 32.7 Å². The Hall–Kier alpha value is -2.57. The molecule has 47 heavy (non-hydrogen) atoms. The number of benzene rings is 2. The first kappa shape index (κ1) is 34.3. The number of hydrogen-bond acceptors (Lipinski definition) is 8. The lowest BCUT2D eigenvalue weighted by molar-refractivity contribution is -0.274. The topological polar surface area (TPSA) is 108 Å². The number of nitrogens with one attached hydrogen (secondary N) is 1. The second-order valence-electron chi connectivity index (χ2n) is 13.0. The quantitative estimate of drug-likeness (QED) is 0.231. The van der Waals surface area contributed by atoms with E-state index in [1.807, 2.05) is 43.5 Å². The van der Waals surface area contributed by atoms with Gasteiger partial charge in [-0.1, -0.05) is 41.4 Å². The molecule has 2 N–H and O–H groups in total. The Balaban J connectivity index is 1.29. The number of carboxylic acid groups (broad SMARTS) is 1. The molecule has 252 valence electrons. The lowest BCUT2D eigenvalue weighted by atomic mass is 9.87. The molecule has 1 aromatic heterocycles. The molecule has 3 atom stereocenters. The number of nitrogens with zero attached hydrogens (tertiary/aromatic N) is 2. The van der Waals surface area contributed by atoms with Gasteiger partial charge in [-0.2, -0.15) is 0 Å². The number of carbonyl (C=O) groups is 3. The molecule has 3 fully saturated rings. The Bertz CT molecular complexity index is 1630. The number of aliphatic carboxylic acids is 1. The first-order valence-electron chi connectivity index (χ1n) is 16.4. The second-order valence-corrected chi connectivity index (χ2v) is 14.7. The summed E-state index contributed by atoms with van der Waals surface area (Å²) in [6, 6.07) is 11.0. The second kappa shape index (κ2) is 14.5. The molecule has 6 rings (SSSR count). The minimum Gasteiger partial charge on any atom is -0.481 e. The predicted molar refractivity (Wildman–Crippen MR) is 185 cm³/mol. The molecule has 0 radical (unpaired) electrons. The first-order chi connectivity index (χ1) is 22.5. The maximum absolute atomic E-state index is 14.9. The van der Waals surface area contributed by atoms with Crippen molar-refractivity contribution in [3.63, 3.8) is 0 Å². The fourth-order valence-corrected chi connectivity index (χ4v) is 8.73. The van der Waals surface area contributed by atoms with Gasteiger partial charge in [0.2, 0.25) is 5.85 Å². The summed E-state index contributed by atoms with van der Waals surface area (Å²) in [7, 11) is 0. The molecule has 1 saturated carbocycles. The zero-order chi connectivity index (χ0) is 33.3. The van der Waals surface area contributed by atoms with Crippen molar-refractivity contribution in [2.45, 2.75) is 83.0 Å². The van der Waals surface area contributed by atoms with Gasteiger partial charge in [0.05, 0.1) is 40.5 Å². The van der Waals surface area contributed by atoms with E-state index in [0.29, 0.717) is 73.7 Å². The monoisotopic (exact) mass is 701 g/mol. The number of ether oxygens (including phenoxy) is 2. The lowest BCUT2D eigenvalue weighted by Gasteiger charge is -2.52. The van der Waals surface area contributed by atoms with E-state index in [2.05, 4.69) is 15.1 Å². The van der Waals surface area contributed by atoms with Crippen LogP contribution in [0.3, 0.4) is 0 Å². The van der Waals surface area contributed by atoms with Crippen LogP contribution in [0.1, 0.15) is 68.3 Å². The molecule has 3 heterocycles. The number of fused-ring (bicyclic) bond motifs is 1. The molecule has 2 saturated heterocycles. The summed E-state index contributed by atoms with van der Waals surface area (Å²) in [5.41, 5.74) is 1.45. The summed E-state index contributed by atoms with van der Waals surface area (Å²) in [4.78, 5) is 44.1. The number of hydrogen-bond donors (Lipinski definition) is 2. The summed E-state index contributed by atoms with van der Waals surface area (Å²) in [5, 5.41) is 15.8. The van der Waals surface area contributed by atoms with E-state index in [9.17, 15) is 19.5 Å². The summed E-state index contributed by atoms with van der Waals surface area (Å²) in [6.07, 6.45) is 3.51. The largest absolute Gasteiger partial charge is 0.481 e. The van der Waals surface area contributed by atoms with Gasteiger partial charge >= 0.3 is 5.97 Å². The van der Waals surface area contributed by atoms with Crippen molar-refractivity contribution in [1.29, 1.82) is 0 Å². The summed E-state index contributed by atoms with van der Waals surface area (Å²) >= 11 is 15.1. The van der Waals surface area contributed by atoms with Gasteiger partial charge in [0.25, 0.3) is 5.91 Å². The molecule has 12 heteroatoms. The van der Waals surface area contributed by atoms with Crippen LogP contribution >= 0.6 is 34.5 Å². The summed E-state index contributed by atoms with van der Waals surface area (Å²) < 4.78 is 14.1. The number of halogens is 2. The third-order valence-electron chi connectivity index (χ3n) is 9.56. The molecule has 1 aliphatic carbocycles. The molecule has 2 aromatic carbocycles. The number of morpholine rings is 1. The van der Waals surface area contributed by atoms with E-state index >= 15 is 0 Å². The third kappa shape index (κ3) is 7.25. The molecule has 2 aliphatic heterocycles. The maximum Gasteiger partial charge on any atom is 0.306 e. The van der Waals surface area contributed by atoms with Crippen LogP contribution in [0.5, 0.6) is 0 Å². The minimum atomic E-state index is -1.37. The first-order valence-corrected chi connectivity index (χ1v) is 18.0. The summed E-state index contributed by atoms with van der Waals surface area (Å²) in [6.45, 7) is 6.42. The van der Waals surface area contributed by atoms with E-state index in [1.165, 1.54) is 11.3 Å². The molecule has 3 aliphatic rings.